The topological polar surface area (TPSA) is 131 Å². The molecule has 0 bridgehead atoms. The van der Waals surface area contributed by atoms with Gasteiger partial charge in [-0.15, -0.1) is 0 Å². The smallest absolute Gasteiger partial charge is 0.387 e. The molecule has 0 aliphatic carbocycles. The van der Waals surface area contributed by atoms with Gasteiger partial charge in [0, 0.05) is 13.0 Å². The Morgan fingerprint density at radius 1 is 0.711 bits per heavy atom. The van der Waals surface area contributed by atoms with Gasteiger partial charge < -0.3 is 21.1 Å². The second kappa shape index (κ2) is 33.2. The van der Waals surface area contributed by atoms with E-state index < -0.39 is 20.0 Å². The van der Waals surface area contributed by atoms with Crippen LogP contribution in [-0.2, 0) is 18.4 Å². The molecule has 1 amide bonds. The zero-order valence-electron chi connectivity index (χ0n) is 29.4. The normalized spacial score (nSPS) is 14.5. The molecule has 0 radical (unpaired) electrons. The van der Waals surface area contributed by atoms with Crippen LogP contribution in [0.15, 0.2) is 12.2 Å². The first-order valence-corrected chi connectivity index (χ1v) is 20.3. The maximum absolute atomic E-state index is 12.7. The number of carbonyl (C=O) groups is 1. The van der Waals surface area contributed by atoms with Crippen molar-refractivity contribution in [2.45, 2.75) is 193 Å². The number of nitrogens with one attached hydrogen (secondary N) is 1. The second-order valence-electron chi connectivity index (χ2n) is 12.8. The number of rotatable bonds is 35. The van der Waals surface area contributed by atoms with Gasteiger partial charge in [-0.1, -0.05) is 167 Å². The summed E-state index contributed by atoms with van der Waals surface area (Å²) < 4.78 is 22.0. The Bertz CT molecular complexity index is 724. The van der Waals surface area contributed by atoms with Crippen LogP contribution in [0.2, 0.25) is 0 Å². The average molecular weight is 661 g/mol. The zero-order valence-corrected chi connectivity index (χ0v) is 30.3. The molecule has 0 heterocycles. The van der Waals surface area contributed by atoms with E-state index in [9.17, 15) is 19.4 Å². The Labute approximate surface area is 277 Å². The molecule has 0 saturated carbocycles. The van der Waals surface area contributed by atoms with Crippen LogP contribution in [0.4, 0.5) is 0 Å². The van der Waals surface area contributed by atoms with E-state index in [1.807, 2.05) is 6.08 Å². The molecule has 0 aromatic heterocycles. The van der Waals surface area contributed by atoms with Crippen LogP contribution >= 0.6 is 7.82 Å². The van der Waals surface area contributed by atoms with Crippen molar-refractivity contribution in [3.05, 3.63) is 12.2 Å². The molecule has 0 fully saturated rings. The van der Waals surface area contributed by atoms with Crippen LogP contribution < -0.4 is 11.1 Å². The average Bonchev–Trinajstić information content (AvgIpc) is 3.02. The predicted molar refractivity (Wildman–Crippen MR) is 189 cm³/mol. The van der Waals surface area contributed by atoms with Crippen molar-refractivity contribution in [2.75, 3.05) is 19.8 Å². The van der Waals surface area contributed by atoms with Gasteiger partial charge in [0.15, 0.2) is 0 Å². The number of unbranched alkanes of at least 4 members (excludes halogenated alkanes) is 23. The van der Waals surface area contributed by atoms with Crippen molar-refractivity contribution in [1.82, 2.24) is 5.32 Å². The number of amides is 1. The monoisotopic (exact) mass is 661 g/mol. The Hall–Kier alpha value is -0.760. The fraction of sp³-hybridized carbons (Fsp3) is 0.917. The Morgan fingerprint density at radius 3 is 1.58 bits per heavy atom. The largest absolute Gasteiger partial charge is 0.472 e. The molecule has 0 aliphatic rings. The highest BCUT2D eigenvalue weighted by Gasteiger charge is 2.26. The summed E-state index contributed by atoms with van der Waals surface area (Å²) in [5.74, 6) is -0.194. The van der Waals surface area contributed by atoms with Crippen molar-refractivity contribution < 1.29 is 28.4 Å². The van der Waals surface area contributed by atoms with Gasteiger partial charge >= 0.3 is 7.82 Å². The van der Waals surface area contributed by atoms with Crippen LogP contribution in [0.3, 0.4) is 0 Å². The van der Waals surface area contributed by atoms with E-state index in [0.29, 0.717) is 6.42 Å². The third-order valence-electron chi connectivity index (χ3n) is 8.36. The van der Waals surface area contributed by atoms with Crippen LogP contribution in [0, 0.1) is 0 Å². The van der Waals surface area contributed by atoms with E-state index in [4.69, 9.17) is 14.8 Å². The molecule has 0 aromatic carbocycles. The van der Waals surface area contributed by atoms with Crippen molar-refractivity contribution in [3.8, 4) is 0 Å². The summed E-state index contributed by atoms with van der Waals surface area (Å²) in [5.41, 5.74) is 5.35. The van der Waals surface area contributed by atoms with Gasteiger partial charge in [-0.25, -0.2) is 4.57 Å². The molecule has 0 saturated heterocycles. The maximum Gasteiger partial charge on any atom is 0.472 e. The van der Waals surface area contributed by atoms with Gasteiger partial charge in [-0.3, -0.25) is 13.8 Å². The SMILES string of the molecule is CCCCCCCCCCC/C=C/C(O)C(COP(=O)(O)OCCN)NC(=O)CCCCCCCCCCCCCCCCC. The molecule has 8 nitrogen and oxygen atoms in total. The van der Waals surface area contributed by atoms with Crippen molar-refractivity contribution >= 4 is 13.7 Å². The summed E-state index contributed by atoms with van der Waals surface area (Å²) in [6.45, 7) is 4.12. The predicted octanol–water partition coefficient (Wildman–Crippen LogP) is 9.66. The Kier molecular flexibility index (Phi) is 32.6. The minimum Gasteiger partial charge on any atom is -0.387 e. The number of allylic oxidation sites excluding steroid dienone is 1. The Balaban J connectivity index is 4.27. The lowest BCUT2D eigenvalue weighted by atomic mass is 10.0. The van der Waals surface area contributed by atoms with Crippen LogP contribution in [0.5, 0.6) is 0 Å². The fourth-order valence-electron chi connectivity index (χ4n) is 5.48. The van der Waals surface area contributed by atoms with E-state index in [-0.39, 0.29) is 25.7 Å². The number of nitrogens with two attached hydrogens (primary N) is 1. The van der Waals surface area contributed by atoms with E-state index in [1.54, 1.807) is 6.08 Å². The van der Waals surface area contributed by atoms with Crippen molar-refractivity contribution in [2.24, 2.45) is 5.73 Å². The van der Waals surface area contributed by atoms with Gasteiger partial charge in [-0.05, 0) is 19.3 Å². The lowest BCUT2D eigenvalue weighted by molar-refractivity contribution is -0.123. The molecule has 0 aromatic rings. The van der Waals surface area contributed by atoms with Gasteiger partial charge in [0.05, 0.1) is 25.4 Å². The van der Waals surface area contributed by atoms with E-state index in [2.05, 4.69) is 19.2 Å². The molecule has 0 spiro atoms. The molecule has 3 unspecified atom stereocenters. The first kappa shape index (κ1) is 44.2. The first-order valence-electron chi connectivity index (χ1n) is 18.8. The molecule has 9 heteroatoms. The van der Waals surface area contributed by atoms with Crippen LogP contribution in [-0.4, -0.2) is 47.8 Å². The lowest BCUT2D eigenvalue weighted by Crippen LogP contribution is -2.45. The molecule has 3 atom stereocenters. The molecule has 45 heavy (non-hydrogen) atoms. The number of hydrogen-bond acceptors (Lipinski definition) is 6. The standard InChI is InChI=1S/C36H73N2O6P/c1-3-5-7-9-11-13-15-16-17-18-20-22-24-26-28-30-36(40)38-34(33-44-45(41,42)43-32-31-37)35(39)29-27-25-23-21-19-14-12-10-8-6-4-2/h27,29,34-35,39H,3-26,28,30-33,37H2,1-2H3,(H,38,40)(H,41,42)/b29-27+. The highest BCUT2D eigenvalue weighted by molar-refractivity contribution is 7.47. The van der Waals surface area contributed by atoms with Gasteiger partial charge in [-0.2, -0.15) is 0 Å². The van der Waals surface area contributed by atoms with E-state index in [0.717, 1.165) is 38.5 Å². The quantitative estimate of drug-likeness (QED) is 0.0302. The lowest BCUT2D eigenvalue weighted by Gasteiger charge is -2.23. The number of carbonyl (C=O) groups excluding carboxylic acids is 1. The third kappa shape index (κ3) is 31.6. The summed E-state index contributed by atoms with van der Waals surface area (Å²) in [5, 5.41) is 13.6. The molecule has 0 rings (SSSR count). The van der Waals surface area contributed by atoms with E-state index >= 15 is 0 Å². The number of phosphoric ester groups is 1. The molecular formula is C36H73N2O6P. The molecule has 5 N–H and O–H groups in total. The van der Waals surface area contributed by atoms with Gasteiger partial charge in [0.1, 0.15) is 0 Å². The molecule has 0 aliphatic heterocycles. The summed E-state index contributed by atoms with van der Waals surface area (Å²) in [6.07, 6.45) is 33.9. The second-order valence-corrected chi connectivity index (χ2v) is 14.2. The Morgan fingerprint density at radius 2 is 1.13 bits per heavy atom. The maximum atomic E-state index is 12.7. The number of aliphatic hydroxyl groups excluding tert-OH is 1. The minimum absolute atomic E-state index is 0.0809. The highest BCUT2D eigenvalue weighted by atomic mass is 31.2. The van der Waals surface area contributed by atoms with E-state index in [1.165, 1.54) is 122 Å². The molecule has 268 valence electrons. The number of hydrogen-bond donors (Lipinski definition) is 4. The summed E-state index contributed by atoms with van der Waals surface area (Å²) in [7, 11) is -4.32. The van der Waals surface area contributed by atoms with Crippen molar-refractivity contribution in [3.63, 3.8) is 0 Å². The third-order valence-corrected chi connectivity index (χ3v) is 9.35. The first-order chi connectivity index (χ1) is 21.9. The number of aliphatic hydroxyl groups is 1. The summed E-state index contributed by atoms with van der Waals surface area (Å²) >= 11 is 0. The highest BCUT2D eigenvalue weighted by Crippen LogP contribution is 2.43. The molecular weight excluding hydrogens is 587 g/mol. The summed E-state index contributed by atoms with van der Waals surface area (Å²) in [6, 6.07) is -0.852. The van der Waals surface area contributed by atoms with Gasteiger partial charge in [0.2, 0.25) is 5.91 Å². The van der Waals surface area contributed by atoms with Crippen LogP contribution in [0.25, 0.3) is 0 Å². The number of phosphoric acid groups is 1. The summed E-state index contributed by atoms with van der Waals surface area (Å²) in [4.78, 5) is 22.5. The fourth-order valence-corrected chi connectivity index (χ4v) is 6.24. The minimum atomic E-state index is -4.32. The van der Waals surface area contributed by atoms with Gasteiger partial charge in [0.25, 0.3) is 0 Å². The zero-order chi connectivity index (χ0) is 33.3. The van der Waals surface area contributed by atoms with Crippen LogP contribution in [0.1, 0.15) is 181 Å². The van der Waals surface area contributed by atoms with Crippen molar-refractivity contribution in [1.29, 1.82) is 0 Å².